The van der Waals surface area contributed by atoms with Crippen molar-refractivity contribution in [1.29, 1.82) is 0 Å². The number of rotatable bonds is 5. The molecule has 2 heterocycles. The second-order valence-electron chi connectivity index (χ2n) is 6.86. The van der Waals surface area contributed by atoms with Gasteiger partial charge in [0.25, 0.3) is 0 Å². The van der Waals surface area contributed by atoms with Gasteiger partial charge in [0.15, 0.2) is 11.2 Å². The fourth-order valence-corrected chi connectivity index (χ4v) is 3.47. The molecule has 0 spiro atoms. The summed E-state index contributed by atoms with van der Waals surface area (Å²) in [4.78, 5) is 38.1. The SMILES string of the molecule is COC(=O)C[C@H](c1oc2ccccc2c(=O)c1O)c1coc2ccc(OC)cc2c1=O. The minimum Gasteiger partial charge on any atom is -0.502 e. The van der Waals surface area contributed by atoms with E-state index >= 15 is 0 Å². The summed E-state index contributed by atoms with van der Waals surface area (Å²) in [5.41, 5.74) is -0.569. The van der Waals surface area contributed by atoms with E-state index in [0.717, 1.165) is 0 Å². The zero-order valence-electron chi connectivity index (χ0n) is 16.7. The molecule has 1 atom stereocenters. The zero-order chi connectivity index (χ0) is 22.1. The number of benzene rings is 2. The van der Waals surface area contributed by atoms with Gasteiger partial charge in [-0.15, -0.1) is 0 Å². The first-order valence-corrected chi connectivity index (χ1v) is 9.35. The fourth-order valence-electron chi connectivity index (χ4n) is 3.47. The Bertz CT molecular complexity index is 1410. The number of para-hydroxylation sites is 1. The van der Waals surface area contributed by atoms with Gasteiger partial charge in [0.1, 0.15) is 16.9 Å². The summed E-state index contributed by atoms with van der Waals surface area (Å²) in [6, 6.07) is 11.1. The van der Waals surface area contributed by atoms with Crippen LogP contribution >= 0.6 is 0 Å². The monoisotopic (exact) mass is 422 g/mol. The molecule has 0 amide bonds. The fraction of sp³-hybridized carbons (Fsp3) is 0.174. The normalized spacial score (nSPS) is 12.1. The highest BCUT2D eigenvalue weighted by atomic mass is 16.5. The largest absolute Gasteiger partial charge is 0.502 e. The van der Waals surface area contributed by atoms with E-state index in [1.807, 2.05) is 0 Å². The van der Waals surface area contributed by atoms with Gasteiger partial charge in [-0.1, -0.05) is 12.1 Å². The summed E-state index contributed by atoms with van der Waals surface area (Å²) in [7, 11) is 2.66. The molecule has 0 unspecified atom stereocenters. The van der Waals surface area contributed by atoms with Crippen LogP contribution in [0.5, 0.6) is 11.5 Å². The van der Waals surface area contributed by atoms with Crippen molar-refractivity contribution in [2.45, 2.75) is 12.3 Å². The number of ether oxygens (including phenoxy) is 2. The third-order valence-corrected chi connectivity index (χ3v) is 5.10. The number of carbonyl (C=O) groups is 1. The first-order valence-electron chi connectivity index (χ1n) is 9.35. The molecule has 158 valence electrons. The summed E-state index contributed by atoms with van der Waals surface area (Å²) < 4.78 is 21.3. The first-order chi connectivity index (χ1) is 14.9. The average molecular weight is 422 g/mol. The van der Waals surface area contributed by atoms with Crippen molar-refractivity contribution in [2.75, 3.05) is 14.2 Å². The Hall–Kier alpha value is -4.07. The van der Waals surface area contributed by atoms with Crippen LogP contribution in [0.15, 0.2) is 67.2 Å². The van der Waals surface area contributed by atoms with Crippen LogP contribution in [0, 0.1) is 0 Å². The predicted octanol–water partition coefficient (Wildman–Crippen LogP) is 3.31. The Kier molecular flexibility index (Phi) is 5.21. The Labute approximate surface area is 175 Å². The average Bonchev–Trinajstić information content (AvgIpc) is 2.80. The Morgan fingerprint density at radius 1 is 1.03 bits per heavy atom. The number of hydrogen-bond donors (Lipinski definition) is 1. The topological polar surface area (TPSA) is 116 Å². The maximum atomic E-state index is 13.3. The van der Waals surface area contributed by atoms with Crippen molar-refractivity contribution in [1.82, 2.24) is 0 Å². The lowest BCUT2D eigenvalue weighted by Gasteiger charge is -2.16. The van der Waals surface area contributed by atoms with Crippen LogP contribution in [0.25, 0.3) is 21.9 Å². The number of fused-ring (bicyclic) bond motifs is 2. The Morgan fingerprint density at radius 2 is 1.81 bits per heavy atom. The molecule has 2 aromatic heterocycles. The van der Waals surface area contributed by atoms with Gasteiger partial charge in [0, 0.05) is 5.56 Å². The lowest BCUT2D eigenvalue weighted by Crippen LogP contribution is -2.19. The third-order valence-electron chi connectivity index (χ3n) is 5.10. The molecule has 0 bridgehead atoms. The highest BCUT2D eigenvalue weighted by Crippen LogP contribution is 2.34. The first kappa shape index (κ1) is 20.2. The molecule has 2 aromatic carbocycles. The van der Waals surface area contributed by atoms with Gasteiger partial charge in [-0.2, -0.15) is 0 Å². The predicted molar refractivity (Wildman–Crippen MR) is 112 cm³/mol. The summed E-state index contributed by atoms with van der Waals surface area (Å²) in [5.74, 6) is -2.23. The molecular formula is C23H18O8. The van der Waals surface area contributed by atoms with E-state index in [2.05, 4.69) is 0 Å². The van der Waals surface area contributed by atoms with E-state index in [1.54, 1.807) is 30.3 Å². The number of carbonyl (C=O) groups excluding carboxylic acids is 1. The van der Waals surface area contributed by atoms with Crippen LogP contribution in [-0.4, -0.2) is 25.3 Å². The van der Waals surface area contributed by atoms with E-state index in [-0.39, 0.29) is 34.1 Å². The maximum Gasteiger partial charge on any atom is 0.306 e. The van der Waals surface area contributed by atoms with Gasteiger partial charge in [0.05, 0.1) is 43.6 Å². The molecule has 4 aromatic rings. The molecule has 0 fully saturated rings. The Balaban J connectivity index is 1.99. The maximum absolute atomic E-state index is 13.3. The van der Waals surface area contributed by atoms with Crippen LogP contribution in [0.1, 0.15) is 23.7 Å². The lowest BCUT2D eigenvalue weighted by molar-refractivity contribution is -0.140. The molecule has 0 aliphatic carbocycles. The lowest BCUT2D eigenvalue weighted by atomic mass is 9.92. The Morgan fingerprint density at radius 3 is 2.55 bits per heavy atom. The number of methoxy groups -OCH3 is 2. The summed E-state index contributed by atoms with van der Waals surface area (Å²) in [5, 5.41) is 11.0. The molecule has 0 saturated carbocycles. The summed E-state index contributed by atoms with van der Waals surface area (Å²) in [6.07, 6.45) is 0.838. The van der Waals surface area contributed by atoms with Crippen molar-refractivity contribution >= 4 is 27.9 Å². The molecule has 31 heavy (non-hydrogen) atoms. The van der Waals surface area contributed by atoms with Gasteiger partial charge >= 0.3 is 5.97 Å². The minimum atomic E-state index is -1.11. The molecule has 0 aliphatic rings. The van der Waals surface area contributed by atoms with Crippen molar-refractivity contribution in [3.8, 4) is 11.5 Å². The number of hydrogen-bond acceptors (Lipinski definition) is 8. The van der Waals surface area contributed by atoms with Gasteiger partial charge in [0.2, 0.25) is 11.2 Å². The van der Waals surface area contributed by atoms with Crippen LogP contribution < -0.4 is 15.6 Å². The highest BCUT2D eigenvalue weighted by Gasteiger charge is 2.30. The zero-order valence-corrected chi connectivity index (χ0v) is 16.7. The van der Waals surface area contributed by atoms with Crippen molar-refractivity contribution in [3.63, 3.8) is 0 Å². The molecule has 8 nitrogen and oxygen atoms in total. The molecule has 0 radical (unpaired) electrons. The summed E-state index contributed by atoms with van der Waals surface area (Å²) in [6.45, 7) is 0. The molecule has 4 rings (SSSR count). The summed E-state index contributed by atoms with van der Waals surface area (Å²) >= 11 is 0. The van der Waals surface area contributed by atoms with Gasteiger partial charge in [-0.05, 0) is 30.3 Å². The molecular weight excluding hydrogens is 404 g/mol. The second kappa shape index (κ2) is 7.98. The molecule has 0 saturated heterocycles. The van der Waals surface area contributed by atoms with Crippen LogP contribution in [0.3, 0.4) is 0 Å². The quantitative estimate of drug-likeness (QED) is 0.487. The van der Waals surface area contributed by atoms with Crippen LogP contribution in [0.2, 0.25) is 0 Å². The van der Waals surface area contributed by atoms with Gasteiger partial charge in [-0.25, -0.2) is 0 Å². The highest BCUT2D eigenvalue weighted by molar-refractivity contribution is 5.80. The van der Waals surface area contributed by atoms with Crippen LogP contribution in [0.4, 0.5) is 0 Å². The smallest absolute Gasteiger partial charge is 0.306 e. The molecule has 1 N–H and O–H groups in total. The second-order valence-corrected chi connectivity index (χ2v) is 6.86. The minimum absolute atomic E-state index is 0.0277. The molecule has 8 heteroatoms. The standard InChI is InChI=1S/C23H18O8/c1-28-12-7-8-17-15(9-12)20(25)16(11-30-17)14(10-19(24)29-2)23-22(27)21(26)13-5-3-4-6-18(13)31-23/h3-9,11,14,27H,10H2,1-2H3/t14-/m0/s1. The van der Waals surface area contributed by atoms with Gasteiger partial charge < -0.3 is 23.4 Å². The van der Waals surface area contributed by atoms with Crippen molar-refractivity contribution in [2.24, 2.45) is 0 Å². The van der Waals surface area contributed by atoms with E-state index < -0.39 is 28.5 Å². The van der Waals surface area contributed by atoms with E-state index in [0.29, 0.717) is 11.3 Å². The van der Waals surface area contributed by atoms with E-state index in [4.69, 9.17) is 18.3 Å². The van der Waals surface area contributed by atoms with Crippen molar-refractivity contribution in [3.05, 3.63) is 80.5 Å². The van der Waals surface area contributed by atoms with Crippen molar-refractivity contribution < 1.29 is 28.2 Å². The number of esters is 1. The molecule has 0 aliphatic heterocycles. The third kappa shape index (κ3) is 3.52. The van der Waals surface area contributed by atoms with E-state index in [1.165, 1.54) is 32.6 Å². The number of aromatic hydroxyl groups is 1. The van der Waals surface area contributed by atoms with E-state index in [9.17, 15) is 19.5 Å². The van der Waals surface area contributed by atoms with Gasteiger partial charge in [-0.3, -0.25) is 14.4 Å². The van der Waals surface area contributed by atoms with Crippen LogP contribution in [-0.2, 0) is 9.53 Å².